The highest BCUT2D eigenvalue weighted by Gasteiger charge is 2.15. The van der Waals surface area contributed by atoms with Gasteiger partial charge in [0.1, 0.15) is 17.3 Å². The van der Waals surface area contributed by atoms with Crippen LogP contribution in [0.15, 0.2) is 15.6 Å². The van der Waals surface area contributed by atoms with Crippen molar-refractivity contribution in [2.45, 2.75) is 24.8 Å². The van der Waals surface area contributed by atoms with Crippen molar-refractivity contribution in [3.63, 3.8) is 0 Å². The van der Waals surface area contributed by atoms with Gasteiger partial charge >= 0.3 is 0 Å². The van der Waals surface area contributed by atoms with Crippen molar-refractivity contribution in [2.24, 2.45) is 12.9 Å². The summed E-state index contributed by atoms with van der Waals surface area (Å²) < 4.78 is 7.41. The number of carbonyl (C=O) groups is 1. The summed E-state index contributed by atoms with van der Waals surface area (Å²) in [5.41, 5.74) is 2.54. The Morgan fingerprint density at radius 3 is 2.84 bits per heavy atom. The van der Waals surface area contributed by atoms with E-state index < -0.39 is 0 Å². The first-order chi connectivity index (χ1) is 9.02. The first kappa shape index (κ1) is 13.6. The number of hydrogen-bond donors (Lipinski definition) is 2. The second-order valence-corrected chi connectivity index (χ2v) is 4.98. The minimum absolute atomic E-state index is 0.355. The molecule has 2 rings (SSSR count). The number of aryl methyl sites for hydroxylation is 2. The van der Waals surface area contributed by atoms with E-state index in [-0.39, 0.29) is 5.91 Å². The highest BCUT2D eigenvalue weighted by Crippen LogP contribution is 2.24. The molecule has 2 aromatic heterocycles. The first-order valence-electron chi connectivity index (χ1n) is 5.62. The number of furan rings is 1. The average Bonchev–Trinajstić information content (AvgIpc) is 2.91. The molecule has 0 atom stereocenters. The number of thioether (sulfide) groups is 1. The number of hydrogen-bond acceptors (Lipinski definition) is 6. The number of rotatable bonds is 4. The molecule has 2 heterocycles. The maximum atomic E-state index is 11.4. The molecule has 0 aromatic carbocycles. The Bertz CT molecular complexity index is 604. The standard InChI is InChI=1S/C11H15N5O2S/c1-6-9(10(17)13-12)4-8(18-6)5-19-11-15-14-7(2)16(11)3/h4H,5,12H2,1-3H3,(H,13,17). The molecule has 0 saturated carbocycles. The van der Waals surface area contributed by atoms with Crippen LogP contribution in [0.2, 0.25) is 0 Å². The number of nitrogen functional groups attached to an aromatic ring is 1. The third-order valence-electron chi connectivity index (χ3n) is 2.74. The molecule has 0 radical (unpaired) electrons. The van der Waals surface area contributed by atoms with Gasteiger partial charge in [0, 0.05) is 7.05 Å². The van der Waals surface area contributed by atoms with Gasteiger partial charge in [-0.2, -0.15) is 0 Å². The lowest BCUT2D eigenvalue weighted by molar-refractivity contribution is 0.0952. The molecule has 0 saturated heterocycles. The maximum Gasteiger partial charge on any atom is 0.268 e. The monoisotopic (exact) mass is 281 g/mol. The Kier molecular flexibility index (Phi) is 3.91. The number of hydrazine groups is 1. The lowest BCUT2D eigenvalue weighted by atomic mass is 10.2. The lowest BCUT2D eigenvalue weighted by Gasteiger charge is -1.99. The molecule has 102 valence electrons. The molecule has 1 amide bonds. The summed E-state index contributed by atoms with van der Waals surface area (Å²) in [4.78, 5) is 11.4. The zero-order valence-corrected chi connectivity index (χ0v) is 11.7. The van der Waals surface area contributed by atoms with Gasteiger partial charge in [0.2, 0.25) is 0 Å². The number of nitrogens with zero attached hydrogens (tertiary/aromatic N) is 3. The van der Waals surface area contributed by atoms with Gasteiger partial charge in [-0.15, -0.1) is 10.2 Å². The summed E-state index contributed by atoms with van der Waals surface area (Å²) in [5.74, 6) is 7.41. The van der Waals surface area contributed by atoms with E-state index in [1.54, 1.807) is 13.0 Å². The Labute approximate surface area is 114 Å². The van der Waals surface area contributed by atoms with Crippen LogP contribution in [0.25, 0.3) is 0 Å². The fraction of sp³-hybridized carbons (Fsp3) is 0.364. The molecule has 0 unspecified atom stereocenters. The van der Waals surface area contributed by atoms with Gasteiger partial charge in [-0.1, -0.05) is 11.8 Å². The van der Waals surface area contributed by atoms with E-state index in [0.717, 1.165) is 11.0 Å². The van der Waals surface area contributed by atoms with Crippen LogP contribution in [-0.2, 0) is 12.8 Å². The zero-order chi connectivity index (χ0) is 14.0. The van der Waals surface area contributed by atoms with E-state index in [9.17, 15) is 4.79 Å². The van der Waals surface area contributed by atoms with Crippen LogP contribution in [-0.4, -0.2) is 20.7 Å². The van der Waals surface area contributed by atoms with Crippen LogP contribution in [0.1, 0.15) is 27.7 Å². The molecular weight excluding hydrogens is 266 g/mol. The van der Waals surface area contributed by atoms with Gasteiger partial charge < -0.3 is 8.98 Å². The number of aromatic nitrogens is 3. The smallest absolute Gasteiger partial charge is 0.268 e. The molecule has 3 N–H and O–H groups in total. The lowest BCUT2D eigenvalue weighted by Crippen LogP contribution is -2.30. The highest BCUT2D eigenvalue weighted by atomic mass is 32.2. The van der Waals surface area contributed by atoms with Crippen molar-refractivity contribution in [3.05, 3.63) is 29.0 Å². The SMILES string of the molecule is Cc1oc(CSc2nnc(C)n2C)cc1C(=O)NN. The van der Waals surface area contributed by atoms with Crippen LogP contribution in [0, 0.1) is 13.8 Å². The van der Waals surface area contributed by atoms with E-state index in [1.165, 1.54) is 11.8 Å². The largest absolute Gasteiger partial charge is 0.465 e. The molecule has 7 nitrogen and oxygen atoms in total. The van der Waals surface area contributed by atoms with Crippen LogP contribution in [0.4, 0.5) is 0 Å². The molecule has 2 aromatic rings. The van der Waals surface area contributed by atoms with E-state index >= 15 is 0 Å². The number of nitrogens with one attached hydrogen (secondary N) is 1. The Hall–Kier alpha value is -1.80. The third-order valence-corrected chi connectivity index (χ3v) is 3.78. The second-order valence-electron chi connectivity index (χ2n) is 4.03. The summed E-state index contributed by atoms with van der Waals surface area (Å²) in [6, 6.07) is 1.69. The average molecular weight is 281 g/mol. The van der Waals surface area contributed by atoms with Crippen LogP contribution < -0.4 is 11.3 Å². The third kappa shape index (κ3) is 2.79. The minimum atomic E-state index is -0.355. The fourth-order valence-electron chi connectivity index (χ4n) is 1.57. The summed E-state index contributed by atoms with van der Waals surface area (Å²) in [7, 11) is 1.90. The molecule has 0 fully saturated rings. The molecule has 0 spiro atoms. The van der Waals surface area contributed by atoms with Gasteiger partial charge in [-0.25, -0.2) is 5.84 Å². The molecule has 0 aliphatic rings. The van der Waals surface area contributed by atoms with Crippen molar-refractivity contribution >= 4 is 17.7 Å². The summed E-state index contributed by atoms with van der Waals surface area (Å²) in [6.45, 7) is 3.61. The van der Waals surface area contributed by atoms with Gasteiger partial charge in [-0.3, -0.25) is 10.2 Å². The molecule has 19 heavy (non-hydrogen) atoms. The number of carbonyl (C=O) groups excluding carboxylic acids is 1. The molecule has 8 heteroatoms. The van der Waals surface area contributed by atoms with E-state index in [4.69, 9.17) is 10.3 Å². The topological polar surface area (TPSA) is 99.0 Å². The van der Waals surface area contributed by atoms with Crippen molar-refractivity contribution in [2.75, 3.05) is 0 Å². The van der Waals surface area contributed by atoms with Crippen molar-refractivity contribution in [1.29, 1.82) is 0 Å². The van der Waals surface area contributed by atoms with Gasteiger partial charge in [0.15, 0.2) is 5.16 Å². The summed E-state index contributed by atoms with van der Waals surface area (Å²) in [6.07, 6.45) is 0. The zero-order valence-electron chi connectivity index (χ0n) is 10.9. The van der Waals surface area contributed by atoms with Gasteiger partial charge in [-0.05, 0) is 19.9 Å². The van der Waals surface area contributed by atoms with Crippen LogP contribution in [0.3, 0.4) is 0 Å². The number of amides is 1. The van der Waals surface area contributed by atoms with Crippen molar-refractivity contribution in [1.82, 2.24) is 20.2 Å². The Balaban J connectivity index is 2.08. The summed E-state index contributed by atoms with van der Waals surface area (Å²) in [5, 5.41) is 8.82. The molecular formula is C11H15N5O2S. The number of nitrogens with two attached hydrogens (primary N) is 1. The molecule has 0 bridgehead atoms. The van der Waals surface area contributed by atoms with Gasteiger partial charge in [0.25, 0.3) is 5.91 Å². The predicted molar refractivity (Wildman–Crippen MR) is 70.4 cm³/mol. The van der Waals surface area contributed by atoms with Crippen molar-refractivity contribution < 1.29 is 9.21 Å². The van der Waals surface area contributed by atoms with E-state index in [2.05, 4.69) is 15.6 Å². The minimum Gasteiger partial charge on any atom is -0.465 e. The van der Waals surface area contributed by atoms with Crippen LogP contribution >= 0.6 is 11.8 Å². The Morgan fingerprint density at radius 2 is 2.26 bits per heavy atom. The maximum absolute atomic E-state index is 11.4. The molecule has 0 aliphatic heterocycles. The summed E-state index contributed by atoms with van der Waals surface area (Å²) >= 11 is 1.49. The Morgan fingerprint density at radius 1 is 1.53 bits per heavy atom. The van der Waals surface area contributed by atoms with Crippen molar-refractivity contribution in [3.8, 4) is 0 Å². The van der Waals surface area contributed by atoms with E-state index in [0.29, 0.717) is 22.8 Å². The second kappa shape index (κ2) is 5.45. The van der Waals surface area contributed by atoms with Gasteiger partial charge in [0.05, 0.1) is 11.3 Å². The van der Waals surface area contributed by atoms with Crippen LogP contribution in [0.5, 0.6) is 0 Å². The molecule has 0 aliphatic carbocycles. The van der Waals surface area contributed by atoms with E-state index in [1.807, 2.05) is 18.5 Å². The normalized spacial score (nSPS) is 10.7. The predicted octanol–water partition coefficient (Wildman–Crippen LogP) is 0.921. The first-order valence-corrected chi connectivity index (χ1v) is 6.60. The quantitative estimate of drug-likeness (QED) is 0.374. The highest BCUT2D eigenvalue weighted by molar-refractivity contribution is 7.98. The fourth-order valence-corrected chi connectivity index (χ4v) is 2.41.